The zero-order chi connectivity index (χ0) is 15.9. The number of anilines is 1. The maximum atomic E-state index is 5.93. The Morgan fingerprint density at radius 3 is 2.59 bits per heavy atom. The second kappa shape index (κ2) is 8.50. The largest absolute Gasteiger partial charge is 0.358 e. The highest BCUT2D eigenvalue weighted by Crippen LogP contribution is 2.23. The molecular weight excluding hydrogens is 336 g/mol. The first-order valence-corrected chi connectivity index (χ1v) is 8.63. The van der Waals surface area contributed by atoms with Crippen molar-refractivity contribution in [3.8, 4) is 0 Å². The molecule has 2 rings (SSSR count). The molecule has 1 aliphatic rings. The molecule has 0 amide bonds. The van der Waals surface area contributed by atoms with E-state index in [0.717, 1.165) is 12.1 Å². The summed E-state index contributed by atoms with van der Waals surface area (Å²) in [6, 6.07) is 7.80. The third kappa shape index (κ3) is 5.59. The second-order valence-electron chi connectivity index (χ2n) is 5.56. The van der Waals surface area contributed by atoms with E-state index < -0.39 is 0 Å². The van der Waals surface area contributed by atoms with E-state index in [2.05, 4.69) is 28.4 Å². The molecule has 0 radical (unpaired) electrons. The van der Waals surface area contributed by atoms with Crippen LogP contribution in [0, 0.1) is 5.92 Å². The molecule has 0 spiro atoms. The van der Waals surface area contributed by atoms with Gasteiger partial charge in [0.2, 0.25) is 0 Å². The average molecular weight is 357 g/mol. The smallest absolute Gasteiger partial charge is 0.189 e. The number of benzene rings is 1. The van der Waals surface area contributed by atoms with Gasteiger partial charge in [0.25, 0.3) is 0 Å². The first kappa shape index (κ1) is 17.2. The van der Waals surface area contributed by atoms with Crippen LogP contribution in [0.2, 0.25) is 5.02 Å². The monoisotopic (exact) mass is 356 g/mol. The van der Waals surface area contributed by atoms with Crippen LogP contribution in [0.4, 0.5) is 5.69 Å². The summed E-state index contributed by atoms with van der Waals surface area (Å²) in [6.45, 7) is 2.26. The van der Waals surface area contributed by atoms with Gasteiger partial charge in [0.15, 0.2) is 10.2 Å². The number of hydrogen-bond donors (Lipinski definition) is 4. The van der Waals surface area contributed by atoms with Crippen molar-refractivity contribution >= 4 is 51.9 Å². The number of nitrogens with one attached hydrogen (secondary N) is 4. The zero-order valence-corrected chi connectivity index (χ0v) is 14.9. The fraction of sp³-hybridized carbons (Fsp3) is 0.467. The molecule has 1 aromatic rings. The van der Waals surface area contributed by atoms with Crippen LogP contribution in [-0.4, -0.2) is 16.3 Å². The highest BCUT2D eigenvalue weighted by atomic mass is 35.5. The SMILES string of the molecule is C[C@@H]1CCCC[C@@H]1NC(=S)NNC(=S)Nc1cccc(Cl)c1. The Hall–Kier alpha value is -1.11. The first-order chi connectivity index (χ1) is 10.5. The van der Waals surface area contributed by atoms with Gasteiger partial charge in [0.1, 0.15) is 0 Å². The van der Waals surface area contributed by atoms with E-state index >= 15 is 0 Å². The molecule has 4 N–H and O–H groups in total. The molecule has 0 saturated heterocycles. The van der Waals surface area contributed by atoms with Crippen LogP contribution in [0.15, 0.2) is 24.3 Å². The Morgan fingerprint density at radius 2 is 1.86 bits per heavy atom. The van der Waals surface area contributed by atoms with Gasteiger partial charge >= 0.3 is 0 Å². The van der Waals surface area contributed by atoms with Crippen molar-refractivity contribution < 1.29 is 0 Å². The lowest BCUT2D eigenvalue weighted by molar-refractivity contribution is 0.308. The van der Waals surface area contributed by atoms with Crippen LogP contribution < -0.4 is 21.5 Å². The summed E-state index contributed by atoms with van der Waals surface area (Å²) in [5, 5.41) is 8.04. The second-order valence-corrected chi connectivity index (χ2v) is 6.81. The fourth-order valence-electron chi connectivity index (χ4n) is 2.58. The Morgan fingerprint density at radius 1 is 1.14 bits per heavy atom. The molecule has 0 aromatic heterocycles. The molecule has 1 saturated carbocycles. The van der Waals surface area contributed by atoms with E-state index in [1.807, 2.05) is 18.2 Å². The van der Waals surface area contributed by atoms with Crippen LogP contribution in [0.3, 0.4) is 0 Å². The van der Waals surface area contributed by atoms with Crippen molar-refractivity contribution in [3.63, 3.8) is 0 Å². The third-order valence-electron chi connectivity index (χ3n) is 3.80. The molecular formula is C15H21ClN4S2. The van der Waals surface area contributed by atoms with E-state index in [-0.39, 0.29) is 0 Å². The van der Waals surface area contributed by atoms with Crippen LogP contribution in [0.25, 0.3) is 0 Å². The first-order valence-electron chi connectivity index (χ1n) is 7.43. The van der Waals surface area contributed by atoms with Gasteiger partial charge in [0, 0.05) is 16.8 Å². The van der Waals surface area contributed by atoms with Crippen molar-refractivity contribution in [3.05, 3.63) is 29.3 Å². The van der Waals surface area contributed by atoms with E-state index in [1.54, 1.807) is 6.07 Å². The predicted octanol–water partition coefficient (Wildman–Crippen LogP) is 3.58. The van der Waals surface area contributed by atoms with E-state index in [1.165, 1.54) is 19.3 Å². The molecule has 0 unspecified atom stereocenters. The highest BCUT2D eigenvalue weighted by molar-refractivity contribution is 7.80. The Kier molecular flexibility index (Phi) is 6.67. The molecule has 0 heterocycles. The number of hydrogen-bond acceptors (Lipinski definition) is 2. The summed E-state index contributed by atoms with van der Waals surface area (Å²) in [5.74, 6) is 0.644. The lowest BCUT2D eigenvalue weighted by atomic mass is 9.86. The van der Waals surface area contributed by atoms with Crippen LogP contribution in [-0.2, 0) is 0 Å². The van der Waals surface area contributed by atoms with Gasteiger partial charge in [0.05, 0.1) is 0 Å². The highest BCUT2D eigenvalue weighted by Gasteiger charge is 2.21. The topological polar surface area (TPSA) is 48.1 Å². The third-order valence-corrected chi connectivity index (χ3v) is 4.46. The number of rotatable bonds is 2. The molecule has 2 atom stereocenters. The van der Waals surface area contributed by atoms with Crippen LogP contribution in [0.5, 0.6) is 0 Å². The molecule has 7 heteroatoms. The lowest BCUT2D eigenvalue weighted by Gasteiger charge is -2.30. The summed E-state index contributed by atoms with van der Waals surface area (Å²) >= 11 is 16.4. The van der Waals surface area contributed by atoms with E-state index in [9.17, 15) is 0 Å². The predicted molar refractivity (Wildman–Crippen MR) is 101 cm³/mol. The van der Waals surface area contributed by atoms with E-state index in [4.69, 9.17) is 36.0 Å². The standard InChI is InChI=1S/C15H21ClN4S2/c1-10-5-2-3-8-13(10)18-15(22)20-19-14(21)17-12-7-4-6-11(16)9-12/h4,6-7,9-10,13H,2-3,5,8H2,1H3,(H2,17,19,21)(H2,18,20,22)/t10-,13+/m1/s1. The molecule has 0 aliphatic heterocycles. The van der Waals surface area contributed by atoms with Crippen molar-refractivity contribution in [2.24, 2.45) is 5.92 Å². The van der Waals surface area contributed by atoms with Crippen molar-refractivity contribution in [1.29, 1.82) is 0 Å². The number of halogens is 1. The van der Waals surface area contributed by atoms with E-state index in [0.29, 0.717) is 27.2 Å². The van der Waals surface area contributed by atoms with Crippen molar-refractivity contribution in [2.45, 2.75) is 38.6 Å². The molecule has 22 heavy (non-hydrogen) atoms. The molecule has 1 aromatic carbocycles. The summed E-state index contributed by atoms with van der Waals surface area (Å²) in [5.41, 5.74) is 6.62. The summed E-state index contributed by atoms with van der Waals surface area (Å²) in [4.78, 5) is 0. The van der Waals surface area contributed by atoms with Gasteiger partial charge in [-0.05, 0) is 61.4 Å². The maximum Gasteiger partial charge on any atom is 0.189 e. The Bertz CT molecular complexity index is 538. The van der Waals surface area contributed by atoms with Gasteiger partial charge in [-0.15, -0.1) is 0 Å². The van der Waals surface area contributed by atoms with Crippen molar-refractivity contribution in [2.75, 3.05) is 5.32 Å². The molecule has 120 valence electrons. The minimum absolute atomic E-state index is 0.433. The summed E-state index contributed by atoms with van der Waals surface area (Å²) in [6.07, 6.45) is 4.98. The van der Waals surface area contributed by atoms with Crippen LogP contribution in [0.1, 0.15) is 32.6 Å². The quantitative estimate of drug-likeness (QED) is 0.480. The molecule has 4 nitrogen and oxygen atoms in total. The lowest BCUT2D eigenvalue weighted by Crippen LogP contribution is -2.52. The molecule has 1 fully saturated rings. The minimum Gasteiger partial charge on any atom is -0.358 e. The molecule has 1 aliphatic carbocycles. The summed E-state index contributed by atoms with van der Waals surface area (Å²) in [7, 11) is 0. The van der Waals surface area contributed by atoms with Gasteiger partial charge in [-0.2, -0.15) is 0 Å². The summed E-state index contributed by atoms with van der Waals surface area (Å²) < 4.78 is 0. The van der Waals surface area contributed by atoms with Crippen LogP contribution >= 0.6 is 36.0 Å². The van der Waals surface area contributed by atoms with Gasteiger partial charge < -0.3 is 10.6 Å². The Labute approximate surface area is 147 Å². The van der Waals surface area contributed by atoms with Gasteiger partial charge in [-0.1, -0.05) is 37.4 Å². The molecule has 0 bridgehead atoms. The minimum atomic E-state index is 0.433. The Balaban J connectivity index is 1.72. The van der Waals surface area contributed by atoms with Crippen molar-refractivity contribution in [1.82, 2.24) is 16.2 Å². The maximum absolute atomic E-state index is 5.93. The fourth-order valence-corrected chi connectivity index (χ4v) is 3.14. The normalized spacial score (nSPS) is 20.8. The zero-order valence-electron chi connectivity index (χ0n) is 12.5. The number of hydrazine groups is 1. The average Bonchev–Trinajstić information content (AvgIpc) is 2.48. The number of thiocarbonyl (C=S) groups is 2. The van der Waals surface area contributed by atoms with Gasteiger partial charge in [-0.25, -0.2) is 0 Å². The van der Waals surface area contributed by atoms with Gasteiger partial charge in [-0.3, -0.25) is 10.9 Å².